The zero-order chi connectivity index (χ0) is 16.7. The quantitative estimate of drug-likeness (QED) is 0.611. The lowest BCUT2D eigenvalue weighted by Crippen LogP contribution is -2.11. The normalized spacial score (nSPS) is 10.9. The first-order chi connectivity index (χ1) is 10.9. The third-order valence-electron chi connectivity index (χ3n) is 3.45. The average molecular weight is 314 g/mol. The number of nitrogens with one attached hydrogen (secondary N) is 1. The molecule has 3 rings (SSSR count). The van der Waals surface area contributed by atoms with Crippen LogP contribution in [0.25, 0.3) is 22.4 Å². The van der Waals surface area contributed by atoms with E-state index in [2.05, 4.69) is 19.9 Å². The average Bonchev–Trinajstić information content (AvgIpc) is 2.51. The van der Waals surface area contributed by atoms with Crippen LogP contribution in [0.3, 0.4) is 0 Å². The molecular formula is C15H14N4O4. The molecule has 3 N–H and O–H groups in total. The van der Waals surface area contributed by atoms with Crippen LogP contribution >= 0.6 is 0 Å². The first-order valence-electron chi connectivity index (χ1n) is 6.76. The van der Waals surface area contributed by atoms with E-state index in [0.29, 0.717) is 22.8 Å². The summed E-state index contributed by atoms with van der Waals surface area (Å²) in [4.78, 5) is 27.3. The third kappa shape index (κ3) is 2.33. The standard InChI is InChI=1S/C15H14N4O4/c1-6-4-8(20)10-12(13(6)21)18-14(19-15(10)22)11-9(23-3)5-16-7(2)17-11/h4-5,20-21H,1-3H3,(H,18,19,22). The van der Waals surface area contributed by atoms with Gasteiger partial charge in [0.25, 0.3) is 5.56 Å². The van der Waals surface area contributed by atoms with Crippen molar-refractivity contribution in [3.05, 3.63) is 34.0 Å². The van der Waals surface area contributed by atoms with Crippen LogP contribution in [-0.4, -0.2) is 37.3 Å². The van der Waals surface area contributed by atoms with Crippen LogP contribution in [0.5, 0.6) is 17.2 Å². The molecule has 0 bridgehead atoms. The maximum absolute atomic E-state index is 12.3. The molecule has 2 heterocycles. The Morgan fingerprint density at radius 2 is 1.96 bits per heavy atom. The second kappa shape index (κ2) is 5.24. The highest BCUT2D eigenvalue weighted by atomic mass is 16.5. The monoisotopic (exact) mass is 314 g/mol. The van der Waals surface area contributed by atoms with Crippen molar-refractivity contribution < 1.29 is 14.9 Å². The van der Waals surface area contributed by atoms with E-state index in [-0.39, 0.29) is 28.2 Å². The number of phenolic OH excluding ortho intramolecular Hbond substituents is 2. The van der Waals surface area contributed by atoms with Crippen LogP contribution in [0.2, 0.25) is 0 Å². The summed E-state index contributed by atoms with van der Waals surface area (Å²) in [6.07, 6.45) is 1.47. The fraction of sp³-hybridized carbons (Fsp3) is 0.200. The molecule has 0 atom stereocenters. The van der Waals surface area contributed by atoms with Gasteiger partial charge in [-0.05, 0) is 25.5 Å². The van der Waals surface area contributed by atoms with Gasteiger partial charge in [0.2, 0.25) is 0 Å². The smallest absolute Gasteiger partial charge is 0.262 e. The largest absolute Gasteiger partial charge is 0.507 e. The van der Waals surface area contributed by atoms with Crippen molar-refractivity contribution in [2.45, 2.75) is 13.8 Å². The van der Waals surface area contributed by atoms with Crippen LogP contribution in [0.4, 0.5) is 0 Å². The first kappa shape index (κ1) is 14.8. The number of benzene rings is 1. The number of aromatic hydroxyl groups is 2. The van der Waals surface area contributed by atoms with Crippen molar-refractivity contribution in [2.24, 2.45) is 0 Å². The van der Waals surface area contributed by atoms with Gasteiger partial charge in [0.15, 0.2) is 17.3 Å². The van der Waals surface area contributed by atoms with E-state index in [0.717, 1.165) is 0 Å². The van der Waals surface area contributed by atoms with Crippen molar-refractivity contribution in [1.29, 1.82) is 0 Å². The van der Waals surface area contributed by atoms with Crippen molar-refractivity contribution in [3.8, 4) is 28.8 Å². The lowest BCUT2D eigenvalue weighted by Gasteiger charge is -2.10. The van der Waals surface area contributed by atoms with Gasteiger partial charge in [0.05, 0.1) is 13.3 Å². The number of ether oxygens (including phenoxy) is 1. The summed E-state index contributed by atoms with van der Waals surface area (Å²) in [6.45, 7) is 3.29. The highest BCUT2D eigenvalue weighted by molar-refractivity contribution is 5.91. The molecule has 0 saturated carbocycles. The number of aromatic nitrogens is 4. The van der Waals surface area contributed by atoms with E-state index < -0.39 is 5.56 Å². The molecule has 1 aromatic carbocycles. The number of fused-ring (bicyclic) bond motifs is 1. The fourth-order valence-electron chi connectivity index (χ4n) is 2.30. The van der Waals surface area contributed by atoms with Crippen LogP contribution in [-0.2, 0) is 0 Å². The summed E-state index contributed by atoms with van der Waals surface area (Å²) >= 11 is 0. The molecule has 0 spiro atoms. The van der Waals surface area contributed by atoms with Crippen molar-refractivity contribution in [1.82, 2.24) is 19.9 Å². The minimum Gasteiger partial charge on any atom is -0.507 e. The molecule has 118 valence electrons. The second-order valence-electron chi connectivity index (χ2n) is 5.03. The van der Waals surface area contributed by atoms with Crippen molar-refractivity contribution in [2.75, 3.05) is 7.11 Å². The highest BCUT2D eigenvalue weighted by Crippen LogP contribution is 2.33. The molecule has 8 heteroatoms. The zero-order valence-electron chi connectivity index (χ0n) is 12.7. The Morgan fingerprint density at radius 1 is 1.22 bits per heavy atom. The molecule has 3 aromatic rings. The Labute approximate surface area is 130 Å². The SMILES string of the molecule is COc1cnc(C)nc1-c1nc2c(O)c(C)cc(O)c2c(=O)[nH]1. The van der Waals surface area contributed by atoms with E-state index in [4.69, 9.17) is 4.74 Å². The van der Waals surface area contributed by atoms with E-state index in [1.807, 2.05) is 0 Å². The molecule has 0 aliphatic carbocycles. The highest BCUT2D eigenvalue weighted by Gasteiger charge is 2.18. The van der Waals surface area contributed by atoms with E-state index >= 15 is 0 Å². The van der Waals surface area contributed by atoms with Crippen molar-refractivity contribution >= 4 is 10.9 Å². The Hall–Kier alpha value is -3.16. The minimum atomic E-state index is -0.587. The molecule has 0 aliphatic rings. The number of nitrogens with zero attached hydrogens (tertiary/aromatic N) is 3. The molecule has 23 heavy (non-hydrogen) atoms. The van der Waals surface area contributed by atoms with Gasteiger partial charge < -0.3 is 19.9 Å². The van der Waals surface area contributed by atoms with Crippen LogP contribution in [0.15, 0.2) is 17.1 Å². The van der Waals surface area contributed by atoms with Gasteiger partial charge in [0, 0.05) is 0 Å². The number of aryl methyl sites for hydroxylation is 2. The minimum absolute atomic E-state index is 0.000400. The van der Waals surface area contributed by atoms with Crippen LogP contribution < -0.4 is 10.3 Å². The number of aromatic amines is 1. The molecule has 0 aliphatic heterocycles. The molecule has 0 unspecified atom stereocenters. The van der Waals surface area contributed by atoms with Gasteiger partial charge in [-0.3, -0.25) is 4.79 Å². The number of H-pyrrole nitrogens is 1. The van der Waals surface area contributed by atoms with E-state index in [1.54, 1.807) is 13.8 Å². The number of phenols is 2. The number of hydrogen-bond acceptors (Lipinski definition) is 7. The van der Waals surface area contributed by atoms with Crippen LogP contribution in [0.1, 0.15) is 11.4 Å². The second-order valence-corrected chi connectivity index (χ2v) is 5.03. The van der Waals surface area contributed by atoms with Crippen LogP contribution in [0, 0.1) is 13.8 Å². The van der Waals surface area contributed by atoms with Gasteiger partial charge >= 0.3 is 0 Å². The summed E-state index contributed by atoms with van der Waals surface area (Å²) in [5, 5.41) is 20.0. The Balaban J connectivity index is 2.40. The van der Waals surface area contributed by atoms with Gasteiger partial charge in [-0.25, -0.2) is 15.0 Å². The summed E-state index contributed by atoms with van der Waals surface area (Å²) in [7, 11) is 1.45. The van der Waals surface area contributed by atoms with Gasteiger partial charge in [-0.2, -0.15) is 0 Å². The van der Waals surface area contributed by atoms with E-state index in [1.165, 1.54) is 19.4 Å². The summed E-state index contributed by atoms with van der Waals surface area (Å²) in [5.41, 5.74) is 0.111. The molecule has 2 aromatic heterocycles. The Kier molecular flexibility index (Phi) is 3.36. The molecule has 0 saturated heterocycles. The van der Waals surface area contributed by atoms with Gasteiger partial charge in [-0.15, -0.1) is 0 Å². The molecule has 0 fully saturated rings. The molecule has 0 amide bonds. The first-order valence-corrected chi connectivity index (χ1v) is 6.76. The maximum atomic E-state index is 12.3. The zero-order valence-corrected chi connectivity index (χ0v) is 12.7. The fourth-order valence-corrected chi connectivity index (χ4v) is 2.30. The number of methoxy groups -OCH3 is 1. The predicted molar refractivity (Wildman–Crippen MR) is 82.7 cm³/mol. The Bertz CT molecular complexity index is 981. The number of hydrogen-bond donors (Lipinski definition) is 3. The van der Waals surface area contributed by atoms with E-state index in [9.17, 15) is 15.0 Å². The van der Waals surface area contributed by atoms with Gasteiger partial charge in [-0.1, -0.05) is 0 Å². The molecule has 0 radical (unpaired) electrons. The summed E-state index contributed by atoms with van der Waals surface area (Å²) < 4.78 is 5.19. The molecule has 8 nitrogen and oxygen atoms in total. The summed E-state index contributed by atoms with van der Waals surface area (Å²) in [5.74, 6) is 0.496. The third-order valence-corrected chi connectivity index (χ3v) is 3.45. The number of rotatable bonds is 2. The molecular weight excluding hydrogens is 300 g/mol. The lowest BCUT2D eigenvalue weighted by atomic mass is 10.1. The van der Waals surface area contributed by atoms with Gasteiger partial charge in [0.1, 0.15) is 28.2 Å². The maximum Gasteiger partial charge on any atom is 0.262 e. The summed E-state index contributed by atoms with van der Waals surface area (Å²) in [6, 6.07) is 1.31. The van der Waals surface area contributed by atoms with Crippen molar-refractivity contribution in [3.63, 3.8) is 0 Å². The topological polar surface area (TPSA) is 121 Å². The Morgan fingerprint density at radius 3 is 2.65 bits per heavy atom. The predicted octanol–water partition coefficient (Wildman–Crippen LogP) is 1.42. The lowest BCUT2D eigenvalue weighted by molar-refractivity contribution is 0.412.